The fourth-order valence-electron chi connectivity index (χ4n) is 4.89. The number of allylic oxidation sites excluding steroid dienone is 2. The van der Waals surface area contributed by atoms with Gasteiger partial charge in [0.25, 0.3) is 0 Å². The minimum Gasteiger partial charge on any atom is -0.461 e. The van der Waals surface area contributed by atoms with Crippen molar-refractivity contribution in [3.05, 3.63) is 76.7 Å². The molecule has 1 aliphatic heterocycles. The van der Waals surface area contributed by atoms with Gasteiger partial charge in [-0.3, -0.25) is 4.79 Å². The third-order valence-electron chi connectivity index (χ3n) is 6.12. The van der Waals surface area contributed by atoms with Crippen LogP contribution in [0.5, 0.6) is 5.75 Å². The van der Waals surface area contributed by atoms with Gasteiger partial charge >= 0.3 is 0 Å². The number of rotatable bonds is 1. The molecule has 0 amide bonds. The molecule has 2 heterocycles. The number of benzene rings is 2. The Bertz CT molecular complexity index is 1160. The molecule has 0 radical (unpaired) electrons. The summed E-state index contributed by atoms with van der Waals surface area (Å²) in [5, 5.41) is 1.20. The van der Waals surface area contributed by atoms with Gasteiger partial charge in [0.1, 0.15) is 11.5 Å². The van der Waals surface area contributed by atoms with Crippen LogP contribution in [0.4, 0.5) is 0 Å². The first-order valence-electron chi connectivity index (χ1n) is 9.93. The van der Waals surface area contributed by atoms with Crippen LogP contribution in [0.15, 0.2) is 60.0 Å². The Morgan fingerprint density at radius 1 is 1.07 bits per heavy atom. The second-order valence-electron chi connectivity index (χ2n) is 9.07. The van der Waals surface area contributed by atoms with Crippen molar-refractivity contribution < 1.29 is 9.53 Å². The lowest BCUT2D eigenvalue weighted by molar-refractivity contribution is -0.118. The van der Waals surface area contributed by atoms with Crippen LogP contribution < -0.4 is 4.74 Å². The number of hydrogen-bond acceptors (Lipinski definition) is 2. The van der Waals surface area contributed by atoms with Crippen LogP contribution in [-0.4, -0.2) is 10.4 Å². The van der Waals surface area contributed by atoms with Crippen LogP contribution in [0.1, 0.15) is 49.3 Å². The van der Waals surface area contributed by atoms with E-state index in [9.17, 15) is 4.79 Å². The van der Waals surface area contributed by atoms with E-state index in [1.807, 2.05) is 0 Å². The second kappa shape index (κ2) is 5.84. The van der Waals surface area contributed by atoms with Gasteiger partial charge in [-0.2, -0.15) is 0 Å². The van der Waals surface area contributed by atoms with E-state index < -0.39 is 0 Å². The molecule has 0 N–H and O–H groups in total. The van der Waals surface area contributed by atoms with E-state index in [0.29, 0.717) is 6.42 Å². The van der Waals surface area contributed by atoms with Gasteiger partial charge in [-0.25, -0.2) is 0 Å². The zero-order valence-electron chi connectivity index (χ0n) is 16.9. The highest BCUT2D eigenvalue weighted by atomic mass is 16.5. The van der Waals surface area contributed by atoms with Crippen LogP contribution in [-0.2, 0) is 11.8 Å². The number of ether oxygens (including phenoxy) is 1. The zero-order chi connectivity index (χ0) is 19.6. The Hall–Kier alpha value is -2.81. The molecule has 1 aliphatic carbocycles. The van der Waals surface area contributed by atoms with Gasteiger partial charge in [0.05, 0.1) is 0 Å². The molecular weight excluding hydrogens is 346 g/mol. The molecule has 1 unspecified atom stereocenters. The van der Waals surface area contributed by atoms with E-state index in [1.165, 1.54) is 22.0 Å². The quantitative estimate of drug-likeness (QED) is 0.553. The highest BCUT2D eigenvalue weighted by Crippen LogP contribution is 2.51. The molecule has 0 saturated carbocycles. The highest BCUT2D eigenvalue weighted by Gasteiger charge is 2.42. The summed E-state index contributed by atoms with van der Waals surface area (Å²) in [6.45, 7) is 6.39. The van der Waals surface area contributed by atoms with E-state index >= 15 is 0 Å². The number of para-hydroxylation sites is 1. The molecule has 5 rings (SSSR count). The molecular formula is C25H25NO2. The van der Waals surface area contributed by atoms with Crippen LogP contribution in [0, 0.1) is 12.3 Å². The first-order valence-corrected chi connectivity index (χ1v) is 9.93. The Morgan fingerprint density at radius 3 is 2.68 bits per heavy atom. The molecule has 1 aromatic heterocycles. The first kappa shape index (κ1) is 17.3. The normalized spacial score (nSPS) is 20.7. The third-order valence-corrected chi connectivity index (χ3v) is 6.12. The maximum atomic E-state index is 13.3. The summed E-state index contributed by atoms with van der Waals surface area (Å²) in [7, 11) is 2.07. The Morgan fingerprint density at radius 2 is 1.86 bits per heavy atom. The van der Waals surface area contributed by atoms with Gasteiger partial charge in [-0.15, -0.1) is 0 Å². The minimum atomic E-state index is -0.0756. The highest BCUT2D eigenvalue weighted by molar-refractivity contribution is 6.01. The van der Waals surface area contributed by atoms with Crippen molar-refractivity contribution in [2.75, 3.05) is 0 Å². The third kappa shape index (κ3) is 2.53. The largest absolute Gasteiger partial charge is 0.461 e. The number of ketones is 1. The van der Waals surface area contributed by atoms with E-state index in [4.69, 9.17) is 4.74 Å². The molecule has 3 heteroatoms. The standard InChI is InChI=1S/C25H25NO2/c1-15-9-10-21-17(11-15)23(18-14-26(4)19-8-6-5-7-16(18)19)24-20(27)12-25(2,3)13-22(24)28-21/h5-11,14,23H,12-13H2,1-4H3. The average Bonchev–Trinajstić information content (AvgIpc) is 2.96. The van der Waals surface area contributed by atoms with E-state index in [-0.39, 0.29) is 17.1 Å². The molecule has 0 bridgehead atoms. The lowest BCUT2D eigenvalue weighted by Gasteiger charge is -2.38. The van der Waals surface area contributed by atoms with Crippen LogP contribution >= 0.6 is 0 Å². The number of aryl methyl sites for hydroxylation is 2. The predicted molar refractivity (Wildman–Crippen MR) is 112 cm³/mol. The maximum Gasteiger partial charge on any atom is 0.163 e. The minimum absolute atomic E-state index is 0.0680. The summed E-state index contributed by atoms with van der Waals surface area (Å²) in [5.41, 5.74) is 5.44. The maximum absolute atomic E-state index is 13.3. The number of carbonyl (C=O) groups is 1. The molecule has 142 valence electrons. The van der Waals surface area contributed by atoms with Gasteiger partial charge < -0.3 is 9.30 Å². The topological polar surface area (TPSA) is 31.2 Å². The lowest BCUT2D eigenvalue weighted by atomic mass is 9.70. The van der Waals surface area contributed by atoms with Crippen LogP contribution in [0.3, 0.4) is 0 Å². The summed E-state index contributed by atoms with van der Waals surface area (Å²) in [5.74, 6) is 1.88. The lowest BCUT2D eigenvalue weighted by Crippen LogP contribution is -2.32. The van der Waals surface area contributed by atoms with Crippen molar-refractivity contribution in [1.29, 1.82) is 0 Å². The van der Waals surface area contributed by atoms with Crippen molar-refractivity contribution in [2.24, 2.45) is 12.5 Å². The monoisotopic (exact) mass is 371 g/mol. The van der Waals surface area contributed by atoms with Gasteiger partial charge in [0.15, 0.2) is 5.78 Å². The van der Waals surface area contributed by atoms with Gasteiger partial charge in [-0.05, 0) is 30.0 Å². The summed E-state index contributed by atoms with van der Waals surface area (Å²) < 4.78 is 8.48. The molecule has 28 heavy (non-hydrogen) atoms. The van der Waals surface area contributed by atoms with E-state index in [2.05, 4.69) is 81.0 Å². The molecule has 0 spiro atoms. The van der Waals surface area contributed by atoms with Crippen molar-refractivity contribution >= 4 is 16.7 Å². The summed E-state index contributed by atoms with van der Waals surface area (Å²) in [6, 6.07) is 14.7. The van der Waals surface area contributed by atoms with Crippen molar-refractivity contribution in [3.8, 4) is 5.75 Å². The van der Waals surface area contributed by atoms with E-state index in [1.54, 1.807) is 0 Å². The number of carbonyl (C=O) groups excluding carboxylic acids is 1. The SMILES string of the molecule is Cc1ccc2c(c1)C(c1cn(C)c3ccccc13)C1=C(CC(C)(C)CC1=O)O2. The Balaban J connectivity index is 1.81. The van der Waals surface area contributed by atoms with Gasteiger partial charge in [-0.1, -0.05) is 49.7 Å². The number of aromatic nitrogens is 1. The molecule has 3 aromatic rings. The first-order chi connectivity index (χ1) is 13.3. The molecule has 0 saturated heterocycles. The van der Waals surface area contributed by atoms with Crippen molar-refractivity contribution in [2.45, 2.75) is 39.5 Å². The number of hydrogen-bond donors (Lipinski definition) is 0. The molecule has 0 fully saturated rings. The van der Waals surface area contributed by atoms with Crippen LogP contribution in [0.25, 0.3) is 10.9 Å². The van der Waals surface area contributed by atoms with Crippen molar-refractivity contribution in [3.63, 3.8) is 0 Å². The molecule has 1 atom stereocenters. The Labute approximate surface area is 165 Å². The zero-order valence-corrected chi connectivity index (χ0v) is 16.9. The number of fused-ring (bicyclic) bond motifs is 2. The average molecular weight is 371 g/mol. The molecule has 2 aliphatic rings. The van der Waals surface area contributed by atoms with Crippen LogP contribution in [0.2, 0.25) is 0 Å². The van der Waals surface area contributed by atoms with Gasteiger partial charge in [0.2, 0.25) is 0 Å². The smallest absolute Gasteiger partial charge is 0.163 e. The molecule has 3 nitrogen and oxygen atoms in total. The fourth-order valence-corrected chi connectivity index (χ4v) is 4.89. The number of Topliss-reactive ketones (excluding diaryl/α,β-unsaturated/α-hetero) is 1. The summed E-state index contributed by atoms with van der Waals surface area (Å²) in [4.78, 5) is 13.3. The van der Waals surface area contributed by atoms with E-state index in [0.717, 1.165) is 29.1 Å². The molecule has 2 aromatic carbocycles. The van der Waals surface area contributed by atoms with Gasteiger partial charge in [0, 0.05) is 54.0 Å². The Kier molecular flexibility index (Phi) is 3.61. The summed E-state index contributed by atoms with van der Waals surface area (Å²) >= 11 is 0. The second-order valence-corrected chi connectivity index (χ2v) is 9.07. The number of nitrogens with zero attached hydrogens (tertiary/aromatic N) is 1. The summed E-state index contributed by atoms with van der Waals surface area (Å²) in [6.07, 6.45) is 3.55. The fraction of sp³-hybridized carbons (Fsp3) is 0.320. The van der Waals surface area contributed by atoms with Crippen molar-refractivity contribution in [1.82, 2.24) is 4.57 Å². The predicted octanol–water partition coefficient (Wildman–Crippen LogP) is 5.65.